The Morgan fingerprint density at radius 1 is 1.41 bits per heavy atom. The fraction of sp³-hybridized carbons (Fsp3) is 0.818. The van der Waals surface area contributed by atoms with Crippen molar-refractivity contribution in [2.45, 2.75) is 38.8 Å². The highest BCUT2D eigenvalue weighted by molar-refractivity contribution is 7.98. The molecule has 0 saturated heterocycles. The number of ether oxygens (including phenoxy) is 1. The number of rotatable bonds is 7. The van der Waals surface area contributed by atoms with Crippen LogP contribution >= 0.6 is 11.8 Å². The zero-order valence-electron chi connectivity index (χ0n) is 10.8. The van der Waals surface area contributed by atoms with Crippen LogP contribution in [0.3, 0.4) is 0 Å². The van der Waals surface area contributed by atoms with Gasteiger partial charge >= 0.3 is 5.97 Å². The quantitative estimate of drug-likeness (QED) is 0.720. The Morgan fingerprint density at radius 3 is 2.41 bits per heavy atom. The number of carboxylic acids is 1. The summed E-state index contributed by atoms with van der Waals surface area (Å²) in [6, 6.07) is -0.835. The van der Waals surface area contributed by atoms with Crippen LogP contribution in [0.1, 0.15) is 27.2 Å². The highest BCUT2D eigenvalue weighted by atomic mass is 32.2. The number of hydrogen-bond donors (Lipinski definition) is 2. The smallest absolute Gasteiger partial charge is 0.326 e. The van der Waals surface area contributed by atoms with Crippen molar-refractivity contribution < 1.29 is 19.4 Å². The number of carbonyl (C=O) groups is 2. The summed E-state index contributed by atoms with van der Waals surface area (Å²) in [5.74, 6) is -0.714. The predicted molar refractivity (Wildman–Crippen MR) is 68.3 cm³/mol. The molecular weight excluding hydrogens is 242 g/mol. The summed E-state index contributed by atoms with van der Waals surface area (Å²) in [7, 11) is 0. The van der Waals surface area contributed by atoms with Crippen LogP contribution in [0.4, 0.5) is 0 Å². The molecular formula is C11H21NO4S. The first-order valence-electron chi connectivity index (χ1n) is 5.41. The third kappa shape index (κ3) is 9.00. The molecule has 1 atom stereocenters. The van der Waals surface area contributed by atoms with Crippen molar-refractivity contribution in [2.24, 2.45) is 0 Å². The van der Waals surface area contributed by atoms with E-state index in [1.165, 1.54) is 0 Å². The van der Waals surface area contributed by atoms with Crippen molar-refractivity contribution in [3.8, 4) is 0 Å². The van der Waals surface area contributed by atoms with Crippen molar-refractivity contribution in [3.05, 3.63) is 0 Å². The van der Waals surface area contributed by atoms with Gasteiger partial charge in [-0.1, -0.05) is 0 Å². The third-order valence-electron chi connectivity index (χ3n) is 1.88. The van der Waals surface area contributed by atoms with Gasteiger partial charge in [-0.3, -0.25) is 4.79 Å². The normalized spacial score (nSPS) is 13.2. The minimum atomic E-state index is -1.01. The van der Waals surface area contributed by atoms with Crippen LogP contribution in [0.25, 0.3) is 0 Å². The van der Waals surface area contributed by atoms with E-state index in [1.807, 2.05) is 27.0 Å². The van der Waals surface area contributed by atoms with Crippen LogP contribution in [-0.4, -0.2) is 47.2 Å². The standard InChI is InChI=1S/C11H21NO4S/c1-11(2,3)16-7-9(13)12-8(10(14)15)5-6-17-4/h8H,5-7H2,1-4H3,(H,12,13)(H,14,15). The van der Waals surface area contributed by atoms with Crippen LogP contribution < -0.4 is 5.32 Å². The van der Waals surface area contributed by atoms with E-state index in [9.17, 15) is 9.59 Å². The first kappa shape index (κ1) is 16.2. The summed E-state index contributed by atoms with van der Waals surface area (Å²) in [4.78, 5) is 22.3. The number of nitrogens with one attached hydrogen (secondary N) is 1. The molecule has 1 amide bonds. The fourth-order valence-electron chi connectivity index (χ4n) is 1.01. The maximum absolute atomic E-state index is 11.5. The Kier molecular flexibility index (Phi) is 7.22. The van der Waals surface area contributed by atoms with E-state index in [-0.39, 0.29) is 6.61 Å². The van der Waals surface area contributed by atoms with Gasteiger partial charge in [0.25, 0.3) is 0 Å². The zero-order valence-corrected chi connectivity index (χ0v) is 11.6. The molecule has 0 spiro atoms. The van der Waals surface area contributed by atoms with Gasteiger partial charge in [-0.05, 0) is 39.2 Å². The maximum Gasteiger partial charge on any atom is 0.326 e. The Bertz CT molecular complexity index is 263. The molecule has 0 aliphatic heterocycles. The maximum atomic E-state index is 11.5. The van der Waals surface area contributed by atoms with Crippen LogP contribution in [0, 0.1) is 0 Å². The van der Waals surface area contributed by atoms with Gasteiger partial charge in [-0.15, -0.1) is 0 Å². The van der Waals surface area contributed by atoms with Gasteiger partial charge in [0.1, 0.15) is 12.6 Å². The molecule has 100 valence electrons. The average Bonchev–Trinajstić information content (AvgIpc) is 2.19. The van der Waals surface area contributed by atoms with Gasteiger partial charge in [-0.2, -0.15) is 11.8 Å². The van der Waals surface area contributed by atoms with Crippen LogP contribution in [0.15, 0.2) is 0 Å². The van der Waals surface area contributed by atoms with Gasteiger partial charge < -0.3 is 15.2 Å². The molecule has 0 aliphatic carbocycles. The molecule has 0 rings (SSSR count). The molecule has 0 radical (unpaired) electrons. The number of aliphatic carboxylic acids is 1. The SMILES string of the molecule is CSCCC(NC(=O)COC(C)(C)C)C(=O)O. The van der Waals surface area contributed by atoms with Crippen LogP contribution in [-0.2, 0) is 14.3 Å². The molecule has 0 aromatic heterocycles. The molecule has 0 fully saturated rings. The summed E-state index contributed by atoms with van der Waals surface area (Å²) in [6.07, 6.45) is 2.31. The lowest BCUT2D eigenvalue weighted by Gasteiger charge is -2.20. The van der Waals surface area contributed by atoms with Crippen LogP contribution in [0.2, 0.25) is 0 Å². The first-order chi connectivity index (χ1) is 7.76. The highest BCUT2D eigenvalue weighted by Gasteiger charge is 2.20. The minimum Gasteiger partial charge on any atom is -0.480 e. The number of carboxylic acid groups (broad SMARTS) is 1. The van der Waals surface area contributed by atoms with E-state index in [2.05, 4.69) is 5.32 Å². The van der Waals surface area contributed by atoms with Crippen molar-refractivity contribution >= 4 is 23.6 Å². The van der Waals surface area contributed by atoms with E-state index in [1.54, 1.807) is 11.8 Å². The average molecular weight is 263 g/mol. The summed E-state index contributed by atoms with van der Waals surface area (Å²) < 4.78 is 5.27. The van der Waals surface area contributed by atoms with E-state index >= 15 is 0 Å². The largest absolute Gasteiger partial charge is 0.480 e. The van der Waals surface area contributed by atoms with Gasteiger partial charge in [0.2, 0.25) is 5.91 Å². The number of amides is 1. The van der Waals surface area contributed by atoms with E-state index in [0.717, 1.165) is 0 Å². The zero-order chi connectivity index (χ0) is 13.5. The topological polar surface area (TPSA) is 75.6 Å². The van der Waals surface area contributed by atoms with E-state index in [4.69, 9.17) is 9.84 Å². The van der Waals surface area contributed by atoms with Crippen molar-refractivity contribution in [3.63, 3.8) is 0 Å². The third-order valence-corrected chi connectivity index (χ3v) is 2.52. The predicted octanol–water partition coefficient (Wildman–Crippen LogP) is 1.12. The van der Waals surface area contributed by atoms with Crippen molar-refractivity contribution in [1.82, 2.24) is 5.32 Å². The Labute approximate surface area is 106 Å². The Hall–Kier alpha value is -0.750. The van der Waals surface area contributed by atoms with Gasteiger partial charge in [0.15, 0.2) is 0 Å². The Balaban J connectivity index is 4.08. The van der Waals surface area contributed by atoms with E-state index in [0.29, 0.717) is 12.2 Å². The molecule has 17 heavy (non-hydrogen) atoms. The summed E-state index contributed by atoms with van der Waals surface area (Å²) in [5, 5.41) is 11.4. The lowest BCUT2D eigenvalue weighted by Crippen LogP contribution is -2.43. The van der Waals surface area contributed by atoms with E-state index < -0.39 is 23.5 Å². The molecule has 0 aliphatic rings. The lowest BCUT2D eigenvalue weighted by atomic mass is 10.2. The fourth-order valence-corrected chi connectivity index (χ4v) is 1.48. The number of carbonyl (C=O) groups excluding carboxylic acids is 1. The highest BCUT2D eigenvalue weighted by Crippen LogP contribution is 2.06. The van der Waals surface area contributed by atoms with Crippen molar-refractivity contribution in [1.29, 1.82) is 0 Å². The van der Waals surface area contributed by atoms with Gasteiger partial charge in [-0.25, -0.2) is 4.79 Å². The summed E-state index contributed by atoms with van der Waals surface area (Å²) in [5.41, 5.74) is -0.407. The molecule has 0 aromatic carbocycles. The second-order valence-electron chi connectivity index (χ2n) is 4.64. The van der Waals surface area contributed by atoms with Crippen LogP contribution in [0.5, 0.6) is 0 Å². The molecule has 0 aromatic rings. The number of hydrogen-bond acceptors (Lipinski definition) is 4. The molecule has 1 unspecified atom stereocenters. The molecule has 0 bridgehead atoms. The molecule has 5 nitrogen and oxygen atoms in total. The molecule has 0 saturated carbocycles. The summed E-state index contributed by atoms with van der Waals surface area (Å²) >= 11 is 1.55. The second-order valence-corrected chi connectivity index (χ2v) is 5.63. The lowest BCUT2D eigenvalue weighted by molar-refractivity contribution is -0.143. The number of thioether (sulfide) groups is 1. The van der Waals surface area contributed by atoms with Gasteiger partial charge in [0, 0.05) is 0 Å². The monoisotopic (exact) mass is 263 g/mol. The minimum absolute atomic E-state index is 0.119. The molecule has 2 N–H and O–H groups in total. The first-order valence-corrected chi connectivity index (χ1v) is 6.80. The second kappa shape index (κ2) is 7.55. The molecule has 0 heterocycles. The Morgan fingerprint density at radius 2 is 2.00 bits per heavy atom. The molecule has 6 heteroatoms. The van der Waals surface area contributed by atoms with Gasteiger partial charge in [0.05, 0.1) is 5.60 Å². The van der Waals surface area contributed by atoms with Crippen molar-refractivity contribution in [2.75, 3.05) is 18.6 Å². The summed E-state index contributed by atoms with van der Waals surface area (Å²) in [6.45, 7) is 5.39.